The van der Waals surface area contributed by atoms with Crippen LogP contribution in [0.15, 0.2) is 0 Å². The van der Waals surface area contributed by atoms with Gasteiger partial charge in [-0.05, 0) is 25.7 Å². The van der Waals surface area contributed by atoms with Crippen LogP contribution >= 0.6 is 10.7 Å². The lowest BCUT2D eigenvalue weighted by molar-refractivity contribution is 0.0984. The van der Waals surface area contributed by atoms with Crippen LogP contribution in [-0.4, -0.2) is 59.5 Å². The summed E-state index contributed by atoms with van der Waals surface area (Å²) in [6.07, 6.45) is 2.13. The summed E-state index contributed by atoms with van der Waals surface area (Å²) in [7, 11) is -1.38. The molecule has 7 nitrogen and oxygen atoms in total. The molecule has 0 amide bonds. The molecule has 2 aliphatic heterocycles. The van der Waals surface area contributed by atoms with Crippen LogP contribution in [0.2, 0.25) is 0 Å². The summed E-state index contributed by atoms with van der Waals surface area (Å²) < 4.78 is 54.0. The van der Waals surface area contributed by atoms with Crippen LogP contribution in [0.3, 0.4) is 0 Å². The molecular formula is C12H20ClNO6S2. The maximum atomic E-state index is 11.3. The van der Waals surface area contributed by atoms with E-state index in [-0.39, 0.29) is 16.3 Å². The second-order valence-electron chi connectivity index (χ2n) is 5.06. The Labute approximate surface area is 135 Å². The molecule has 10 heteroatoms. The van der Waals surface area contributed by atoms with Crippen LogP contribution in [0, 0.1) is 11.3 Å². The zero-order valence-electron chi connectivity index (χ0n) is 12.1. The molecule has 2 heterocycles. The van der Waals surface area contributed by atoms with Crippen LogP contribution in [0.5, 0.6) is 0 Å². The Morgan fingerprint density at radius 2 is 1.32 bits per heavy atom. The van der Waals surface area contributed by atoms with Crippen molar-refractivity contribution in [2.45, 2.75) is 36.2 Å². The number of ether oxygens (including phenoxy) is 2. The van der Waals surface area contributed by atoms with Crippen LogP contribution < -0.4 is 0 Å². The summed E-state index contributed by atoms with van der Waals surface area (Å²) in [6, 6.07) is 1.68. The summed E-state index contributed by atoms with van der Waals surface area (Å²) in [6.45, 7) is 2.01. The van der Waals surface area contributed by atoms with Gasteiger partial charge in [0.05, 0.1) is 16.6 Å². The third-order valence-electron chi connectivity index (χ3n) is 3.51. The summed E-state index contributed by atoms with van der Waals surface area (Å²) in [4.78, 5) is 0. The van der Waals surface area contributed by atoms with Crippen LogP contribution in [0.25, 0.3) is 0 Å². The van der Waals surface area contributed by atoms with Crippen molar-refractivity contribution in [3.8, 4) is 6.07 Å². The monoisotopic (exact) mass is 373 g/mol. The third kappa shape index (κ3) is 6.79. The van der Waals surface area contributed by atoms with E-state index in [1.54, 1.807) is 6.07 Å². The van der Waals surface area contributed by atoms with Gasteiger partial charge in [0.15, 0.2) is 9.84 Å². The molecule has 0 aromatic heterocycles. The quantitative estimate of drug-likeness (QED) is 0.674. The zero-order chi connectivity index (χ0) is 16.6. The van der Waals surface area contributed by atoms with Crippen LogP contribution in [-0.2, 0) is 28.4 Å². The van der Waals surface area contributed by atoms with E-state index in [9.17, 15) is 16.8 Å². The van der Waals surface area contributed by atoms with Gasteiger partial charge in [0.1, 0.15) is 5.75 Å². The van der Waals surface area contributed by atoms with E-state index in [1.165, 1.54) is 0 Å². The Morgan fingerprint density at radius 1 is 0.909 bits per heavy atom. The summed E-state index contributed by atoms with van der Waals surface area (Å²) in [5, 5.41) is 7.53. The Morgan fingerprint density at radius 3 is 1.64 bits per heavy atom. The van der Waals surface area contributed by atoms with Crippen molar-refractivity contribution in [1.82, 2.24) is 0 Å². The Kier molecular flexibility index (Phi) is 8.07. The first kappa shape index (κ1) is 19.6. The molecular weight excluding hydrogens is 354 g/mol. The minimum Gasteiger partial charge on any atom is -0.381 e. The lowest BCUT2D eigenvalue weighted by Crippen LogP contribution is -2.30. The molecule has 0 unspecified atom stereocenters. The molecule has 128 valence electrons. The van der Waals surface area contributed by atoms with Crippen molar-refractivity contribution in [2.75, 3.05) is 32.2 Å². The van der Waals surface area contributed by atoms with Crippen molar-refractivity contribution in [3.63, 3.8) is 0 Å². The lowest BCUT2D eigenvalue weighted by atomic mass is 10.2. The highest BCUT2D eigenvalue weighted by molar-refractivity contribution is 8.14. The Bertz CT molecular complexity index is 571. The number of halogens is 1. The average molecular weight is 374 g/mol. The molecule has 0 saturated carbocycles. The molecule has 0 aromatic rings. The molecule has 0 spiro atoms. The number of nitrogens with zero attached hydrogens (tertiary/aromatic N) is 1. The van der Waals surface area contributed by atoms with Crippen molar-refractivity contribution in [1.29, 1.82) is 5.26 Å². The third-order valence-corrected chi connectivity index (χ3v) is 7.55. The standard InChI is InChI=1S/C7H11NO3S.C5H9ClO3S/c8-3-6-12(9,10)7-1-4-11-5-2-7;6-10(7,8)5-1-3-9-4-2-5/h7H,1-2,4-6H2;5H,1-4H2. The van der Waals surface area contributed by atoms with Gasteiger partial charge < -0.3 is 9.47 Å². The first-order valence-corrected chi connectivity index (χ1v) is 11.0. The predicted octanol–water partition coefficient (Wildman–Crippen LogP) is 0.838. The fourth-order valence-corrected chi connectivity index (χ4v) is 4.82. The molecule has 0 aliphatic carbocycles. The largest absolute Gasteiger partial charge is 0.381 e. The van der Waals surface area contributed by atoms with Crippen LogP contribution in [0.1, 0.15) is 25.7 Å². The Balaban J connectivity index is 0.000000224. The van der Waals surface area contributed by atoms with Crippen molar-refractivity contribution < 1.29 is 26.3 Å². The molecule has 22 heavy (non-hydrogen) atoms. The maximum Gasteiger partial charge on any atom is 0.235 e. The molecule has 2 saturated heterocycles. The first-order chi connectivity index (χ1) is 10.3. The normalized spacial score (nSPS) is 21.5. The average Bonchev–Trinajstić information content (AvgIpc) is 2.49. The number of hydrogen-bond donors (Lipinski definition) is 0. The minimum absolute atomic E-state index is 0.356. The molecule has 0 bridgehead atoms. The minimum atomic E-state index is -3.33. The highest BCUT2D eigenvalue weighted by Crippen LogP contribution is 2.18. The van der Waals surface area contributed by atoms with E-state index >= 15 is 0 Å². The fraction of sp³-hybridized carbons (Fsp3) is 0.917. The molecule has 2 fully saturated rings. The number of sulfone groups is 1. The zero-order valence-corrected chi connectivity index (χ0v) is 14.5. The van der Waals surface area contributed by atoms with E-state index in [1.807, 2.05) is 0 Å². The van der Waals surface area contributed by atoms with Crippen molar-refractivity contribution >= 4 is 29.6 Å². The maximum absolute atomic E-state index is 11.3. The highest BCUT2D eigenvalue weighted by Gasteiger charge is 2.27. The summed E-state index contributed by atoms with van der Waals surface area (Å²) in [5.74, 6) is -0.363. The van der Waals surface area contributed by atoms with Gasteiger partial charge in [0.2, 0.25) is 9.05 Å². The molecule has 0 atom stereocenters. The summed E-state index contributed by atoms with van der Waals surface area (Å²) in [5.41, 5.74) is 0. The van der Waals surface area contributed by atoms with E-state index < -0.39 is 18.9 Å². The van der Waals surface area contributed by atoms with Gasteiger partial charge in [-0.1, -0.05) is 0 Å². The lowest BCUT2D eigenvalue weighted by Gasteiger charge is -2.20. The van der Waals surface area contributed by atoms with Gasteiger partial charge in [-0.25, -0.2) is 16.8 Å². The molecule has 2 rings (SSSR count). The topological polar surface area (TPSA) is 111 Å². The molecule has 0 radical (unpaired) electrons. The predicted molar refractivity (Wildman–Crippen MR) is 81.9 cm³/mol. The van der Waals surface area contributed by atoms with E-state index in [0.29, 0.717) is 52.1 Å². The van der Waals surface area contributed by atoms with Crippen molar-refractivity contribution in [2.24, 2.45) is 0 Å². The van der Waals surface area contributed by atoms with Gasteiger partial charge in [-0.2, -0.15) is 5.26 Å². The van der Waals surface area contributed by atoms with E-state index in [0.717, 1.165) is 0 Å². The van der Waals surface area contributed by atoms with E-state index in [4.69, 9.17) is 25.4 Å². The van der Waals surface area contributed by atoms with Gasteiger partial charge in [-0.3, -0.25) is 0 Å². The van der Waals surface area contributed by atoms with Gasteiger partial charge in [0.25, 0.3) is 0 Å². The summed E-state index contributed by atoms with van der Waals surface area (Å²) >= 11 is 0. The number of nitriles is 1. The smallest absolute Gasteiger partial charge is 0.235 e. The SMILES string of the molecule is N#CCS(=O)(=O)C1CCOCC1.O=S(=O)(Cl)C1CCOCC1. The Hall–Kier alpha value is -0.400. The van der Waals surface area contributed by atoms with Gasteiger partial charge in [0, 0.05) is 37.1 Å². The second kappa shape index (κ2) is 9.03. The van der Waals surface area contributed by atoms with Crippen molar-refractivity contribution in [3.05, 3.63) is 0 Å². The molecule has 0 aromatic carbocycles. The second-order valence-corrected chi connectivity index (χ2v) is 10.3. The first-order valence-electron chi connectivity index (χ1n) is 6.95. The number of rotatable bonds is 3. The highest BCUT2D eigenvalue weighted by atomic mass is 35.7. The molecule has 0 N–H and O–H groups in total. The van der Waals surface area contributed by atoms with Crippen LogP contribution in [0.4, 0.5) is 0 Å². The van der Waals surface area contributed by atoms with E-state index in [2.05, 4.69) is 0 Å². The molecule has 2 aliphatic rings. The van der Waals surface area contributed by atoms with Gasteiger partial charge >= 0.3 is 0 Å². The van der Waals surface area contributed by atoms with Gasteiger partial charge in [-0.15, -0.1) is 0 Å². The fourth-order valence-electron chi connectivity index (χ4n) is 2.20. The number of hydrogen-bond acceptors (Lipinski definition) is 7.